The zero-order valence-corrected chi connectivity index (χ0v) is 21.1. The van der Waals surface area contributed by atoms with Gasteiger partial charge in [0, 0.05) is 20.1 Å². The summed E-state index contributed by atoms with van der Waals surface area (Å²) in [6, 6.07) is 11.6. The van der Waals surface area contributed by atoms with Crippen molar-refractivity contribution in [2.75, 3.05) is 7.11 Å². The van der Waals surface area contributed by atoms with E-state index in [2.05, 4.69) is 0 Å². The Balaban J connectivity index is 2.12. The van der Waals surface area contributed by atoms with Crippen LogP contribution in [-0.4, -0.2) is 17.6 Å². The second-order valence-corrected chi connectivity index (χ2v) is 9.85. The summed E-state index contributed by atoms with van der Waals surface area (Å²) in [5.41, 5.74) is 6.79. The standard InChI is InChI=1S/C23H13Cl4N3O3S/c1-33-23(32)19-18(13-5-4-12(25)8-16(13)27)14(9-28)20(29)30-21(31)17(34-22(19)30)6-10-2-3-11(24)7-15(10)26/h2-8,18H,29H2,1H3/b17-6+. The molecular formula is C23H13Cl4N3O3S. The van der Waals surface area contributed by atoms with Crippen molar-refractivity contribution in [2.45, 2.75) is 5.92 Å². The van der Waals surface area contributed by atoms with Gasteiger partial charge >= 0.3 is 5.97 Å². The van der Waals surface area contributed by atoms with Gasteiger partial charge in [0.15, 0.2) is 0 Å². The number of allylic oxidation sites excluding steroid dienone is 1. The number of hydrogen-bond donors (Lipinski definition) is 1. The zero-order chi connectivity index (χ0) is 24.7. The molecule has 4 rings (SSSR count). The van der Waals surface area contributed by atoms with Gasteiger partial charge in [0.25, 0.3) is 5.56 Å². The number of esters is 1. The summed E-state index contributed by atoms with van der Waals surface area (Å²) < 4.78 is 6.61. The number of fused-ring (bicyclic) bond motifs is 1. The Morgan fingerprint density at radius 3 is 2.38 bits per heavy atom. The number of methoxy groups -OCH3 is 1. The summed E-state index contributed by atoms with van der Waals surface area (Å²) >= 11 is 25.7. The molecule has 0 amide bonds. The Labute approximate surface area is 217 Å². The average Bonchev–Trinajstić information content (AvgIpc) is 3.11. The number of rotatable bonds is 3. The van der Waals surface area contributed by atoms with Crippen LogP contribution in [0, 0.1) is 11.3 Å². The number of aromatic nitrogens is 1. The van der Waals surface area contributed by atoms with E-state index in [-0.39, 0.29) is 31.2 Å². The molecule has 1 unspecified atom stereocenters. The molecule has 3 aromatic rings. The highest BCUT2D eigenvalue weighted by Crippen LogP contribution is 2.40. The Morgan fingerprint density at radius 1 is 1.15 bits per heavy atom. The molecule has 0 radical (unpaired) electrons. The second-order valence-electron chi connectivity index (χ2n) is 7.14. The van der Waals surface area contributed by atoms with Crippen molar-refractivity contribution in [3.63, 3.8) is 0 Å². The Morgan fingerprint density at radius 2 is 1.79 bits per heavy atom. The largest absolute Gasteiger partial charge is 0.466 e. The van der Waals surface area contributed by atoms with Crippen molar-refractivity contribution in [2.24, 2.45) is 5.73 Å². The number of nitrogens with zero attached hydrogens (tertiary/aromatic N) is 2. The number of halogens is 4. The highest BCUT2D eigenvalue weighted by atomic mass is 35.5. The number of ether oxygens (including phenoxy) is 1. The maximum absolute atomic E-state index is 13.3. The third-order valence-electron chi connectivity index (χ3n) is 5.20. The Bertz CT molecular complexity index is 1620. The predicted octanol–water partition coefficient (Wildman–Crippen LogP) is 4.12. The van der Waals surface area contributed by atoms with Crippen molar-refractivity contribution in [1.29, 1.82) is 5.26 Å². The van der Waals surface area contributed by atoms with Gasteiger partial charge in [0.2, 0.25) is 0 Å². The van der Waals surface area contributed by atoms with Crippen LogP contribution in [0.3, 0.4) is 0 Å². The molecule has 6 nitrogen and oxygen atoms in total. The van der Waals surface area contributed by atoms with Crippen LogP contribution in [0.5, 0.6) is 0 Å². The van der Waals surface area contributed by atoms with Crippen LogP contribution in [0.2, 0.25) is 20.1 Å². The van der Waals surface area contributed by atoms with E-state index >= 15 is 0 Å². The first-order valence-corrected chi connectivity index (χ1v) is 11.9. The molecular weight excluding hydrogens is 540 g/mol. The molecule has 2 aromatic carbocycles. The predicted molar refractivity (Wildman–Crippen MR) is 136 cm³/mol. The van der Waals surface area contributed by atoms with E-state index in [0.717, 1.165) is 15.9 Å². The van der Waals surface area contributed by atoms with Crippen LogP contribution >= 0.6 is 57.7 Å². The molecule has 1 aliphatic rings. The topological polar surface area (TPSA) is 98.1 Å². The van der Waals surface area contributed by atoms with E-state index in [1.54, 1.807) is 36.4 Å². The van der Waals surface area contributed by atoms with E-state index in [1.165, 1.54) is 13.2 Å². The van der Waals surface area contributed by atoms with Gasteiger partial charge in [-0.15, -0.1) is 11.3 Å². The summed E-state index contributed by atoms with van der Waals surface area (Å²) in [6.45, 7) is 0. The Kier molecular flexibility index (Phi) is 6.81. The number of nitriles is 1. The van der Waals surface area contributed by atoms with Crippen LogP contribution in [0.25, 0.3) is 17.5 Å². The fourth-order valence-corrected chi connectivity index (χ4v) is 5.80. The lowest BCUT2D eigenvalue weighted by atomic mass is 9.84. The first-order valence-electron chi connectivity index (χ1n) is 9.54. The molecule has 1 atom stereocenters. The molecule has 0 aliphatic carbocycles. The maximum Gasteiger partial charge on any atom is 0.337 e. The lowest BCUT2D eigenvalue weighted by molar-refractivity contribution is -0.134. The van der Waals surface area contributed by atoms with Crippen LogP contribution < -0.4 is 20.5 Å². The van der Waals surface area contributed by atoms with Crippen molar-refractivity contribution < 1.29 is 9.53 Å². The van der Waals surface area contributed by atoms with Gasteiger partial charge in [-0.2, -0.15) is 5.26 Å². The number of carbonyl (C=O) groups excluding carboxylic acids is 1. The summed E-state index contributed by atoms with van der Waals surface area (Å²) in [5, 5.41) is 11.4. The van der Waals surface area contributed by atoms with Gasteiger partial charge in [-0.1, -0.05) is 58.5 Å². The van der Waals surface area contributed by atoms with Crippen LogP contribution in [-0.2, 0) is 9.53 Å². The summed E-state index contributed by atoms with van der Waals surface area (Å²) in [4.78, 5) is 26.3. The highest BCUT2D eigenvalue weighted by Gasteiger charge is 2.37. The van der Waals surface area contributed by atoms with Crippen LogP contribution in [0.4, 0.5) is 0 Å². The second kappa shape index (κ2) is 9.49. The smallest absolute Gasteiger partial charge is 0.337 e. The minimum absolute atomic E-state index is 0.0203. The van der Waals surface area contributed by atoms with Gasteiger partial charge in [-0.05, 0) is 41.5 Å². The fraction of sp³-hybridized carbons (Fsp3) is 0.0870. The number of hydrogen-bond acceptors (Lipinski definition) is 6. The Hall–Kier alpha value is -2.73. The maximum atomic E-state index is 13.3. The quantitative estimate of drug-likeness (QED) is 0.493. The molecule has 1 aromatic heterocycles. The molecule has 0 saturated heterocycles. The number of nitrogens with two attached hydrogens (primary N) is 1. The minimum Gasteiger partial charge on any atom is -0.466 e. The van der Waals surface area contributed by atoms with E-state index < -0.39 is 17.4 Å². The van der Waals surface area contributed by atoms with Crippen LogP contribution in [0.1, 0.15) is 17.0 Å². The lowest BCUT2D eigenvalue weighted by Crippen LogP contribution is -2.40. The van der Waals surface area contributed by atoms with Gasteiger partial charge in [0.05, 0.1) is 34.8 Å². The molecule has 172 valence electrons. The normalized spacial score (nSPS) is 15.8. The summed E-state index contributed by atoms with van der Waals surface area (Å²) in [6.07, 6.45) is 1.56. The van der Waals surface area contributed by atoms with E-state index in [9.17, 15) is 14.9 Å². The molecule has 11 heteroatoms. The first kappa shape index (κ1) is 24.4. The molecule has 34 heavy (non-hydrogen) atoms. The van der Waals surface area contributed by atoms with Crippen molar-refractivity contribution in [1.82, 2.24) is 4.57 Å². The van der Waals surface area contributed by atoms with Crippen molar-refractivity contribution in [3.05, 3.63) is 92.7 Å². The van der Waals surface area contributed by atoms with Gasteiger partial charge < -0.3 is 10.5 Å². The van der Waals surface area contributed by atoms with Crippen molar-refractivity contribution >= 4 is 81.2 Å². The van der Waals surface area contributed by atoms with Crippen LogP contribution in [0.15, 0.2) is 46.8 Å². The van der Waals surface area contributed by atoms with Gasteiger partial charge in [-0.25, -0.2) is 4.79 Å². The third kappa shape index (κ3) is 4.13. The average molecular weight is 553 g/mol. The molecule has 2 N–H and O–H groups in total. The lowest BCUT2D eigenvalue weighted by Gasteiger charge is -2.25. The molecule has 0 spiro atoms. The summed E-state index contributed by atoms with van der Waals surface area (Å²) in [7, 11) is 1.21. The molecule has 0 fully saturated rings. The highest BCUT2D eigenvalue weighted by molar-refractivity contribution is 7.07. The van der Waals surface area contributed by atoms with E-state index in [1.807, 2.05) is 6.07 Å². The SMILES string of the molecule is COC(=O)C1=c2s/c(=C/c3ccc(Cl)cc3Cl)c(=O)n2C(N)=C(C#N)C1c1ccc(Cl)cc1Cl. The molecule has 0 bridgehead atoms. The number of thiazole rings is 1. The molecule has 0 saturated carbocycles. The van der Waals surface area contributed by atoms with Gasteiger partial charge in [-0.3, -0.25) is 9.36 Å². The molecule has 2 heterocycles. The zero-order valence-electron chi connectivity index (χ0n) is 17.2. The van der Waals surface area contributed by atoms with Crippen molar-refractivity contribution in [3.8, 4) is 6.07 Å². The van der Waals surface area contributed by atoms with Gasteiger partial charge in [0.1, 0.15) is 10.5 Å². The summed E-state index contributed by atoms with van der Waals surface area (Å²) in [5.74, 6) is -1.81. The monoisotopic (exact) mass is 551 g/mol. The number of benzene rings is 2. The minimum atomic E-state index is -0.966. The first-order chi connectivity index (χ1) is 16.2. The third-order valence-corrected chi connectivity index (χ3v) is 7.43. The van der Waals surface area contributed by atoms with E-state index in [4.69, 9.17) is 56.9 Å². The fourth-order valence-electron chi connectivity index (χ4n) is 3.66. The number of carbonyl (C=O) groups is 1. The van der Waals surface area contributed by atoms with E-state index in [0.29, 0.717) is 26.2 Å². The molecule has 1 aliphatic heterocycles.